The Kier molecular flexibility index (Phi) is 7.07. The molecule has 4 rings (SSSR count). The summed E-state index contributed by atoms with van der Waals surface area (Å²) in [7, 11) is 1.56. The molecule has 0 saturated carbocycles. The van der Waals surface area contributed by atoms with E-state index in [2.05, 4.69) is 25.7 Å². The van der Waals surface area contributed by atoms with Gasteiger partial charge in [-0.3, -0.25) is 10.3 Å². The molecule has 0 aliphatic rings. The molecule has 10 heteroatoms. The van der Waals surface area contributed by atoms with E-state index in [-0.39, 0.29) is 12.1 Å². The number of rotatable bonds is 9. The van der Waals surface area contributed by atoms with E-state index in [1.165, 1.54) is 0 Å². The van der Waals surface area contributed by atoms with Gasteiger partial charge in [-0.2, -0.15) is 0 Å². The topological polar surface area (TPSA) is 112 Å². The molecule has 2 N–H and O–H groups in total. The number of nitrogens with one attached hydrogen (secondary N) is 2. The van der Waals surface area contributed by atoms with Crippen LogP contribution in [0.5, 0.6) is 17.4 Å². The normalized spacial score (nSPS) is 10.8. The van der Waals surface area contributed by atoms with Gasteiger partial charge in [0, 0.05) is 30.2 Å². The second-order valence-electron chi connectivity index (χ2n) is 7.63. The molecule has 0 unspecified atom stereocenters. The average Bonchev–Trinajstić information content (AvgIpc) is 3.23. The number of anilines is 1. The first-order valence-electron chi connectivity index (χ1n) is 10.8. The van der Waals surface area contributed by atoms with Gasteiger partial charge in [-0.25, -0.2) is 14.3 Å². The van der Waals surface area contributed by atoms with Gasteiger partial charge in [0.1, 0.15) is 12.4 Å². The van der Waals surface area contributed by atoms with E-state index in [1.54, 1.807) is 48.4 Å². The SMILES string of the molecule is COc1ncc(-c2ccn3nc(NC(=O)NCCOc4cccnc4)cc3c2)cc1OC(C)C. The highest BCUT2D eigenvalue weighted by Gasteiger charge is 2.12. The van der Waals surface area contributed by atoms with E-state index in [0.717, 1.165) is 16.6 Å². The number of carbonyl (C=O) groups is 1. The van der Waals surface area contributed by atoms with Gasteiger partial charge in [0.2, 0.25) is 0 Å². The van der Waals surface area contributed by atoms with E-state index in [9.17, 15) is 4.79 Å². The maximum absolute atomic E-state index is 12.2. The van der Waals surface area contributed by atoms with E-state index in [4.69, 9.17) is 14.2 Å². The molecule has 0 aliphatic heterocycles. The van der Waals surface area contributed by atoms with Crippen molar-refractivity contribution in [2.75, 3.05) is 25.6 Å². The minimum atomic E-state index is -0.367. The number of aromatic nitrogens is 4. The Morgan fingerprint density at radius 3 is 2.79 bits per heavy atom. The number of hydrogen-bond acceptors (Lipinski definition) is 7. The molecule has 0 spiro atoms. The van der Waals surface area contributed by atoms with E-state index >= 15 is 0 Å². The van der Waals surface area contributed by atoms with E-state index < -0.39 is 0 Å². The molecule has 176 valence electrons. The summed E-state index contributed by atoms with van der Waals surface area (Å²) in [6, 6.07) is 10.8. The monoisotopic (exact) mass is 462 g/mol. The minimum Gasteiger partial charge on any atom is -0.490 e. The van der Waals surface area contributed by atoms with Gasteiger partial charge in [-0.1, -0.05) is 0 Å². The number of methoxy groups -OCH3 is 1. The van der Waals surface area contributed by atoms with Crippen LogP contribution in [0, 0.1) is 0 Å². The summed E-state index contributed by atoms with van der Waals surface area (Å²) in [5, 5.41) is 9.87. The number of pyridine rings is 3. The highest BCUT2D eigenvalue weighted by Crippen LogP contribution is 2.31. The number of urea groups is 1. The van der Waals surface area contributed by atoms with Crippen LogP contribution >= 0.6 is 0 Å². The smallest absolute Gasteiger partial charge is 0.320 e. The van der Waals surface area contributed by atoms with Crippen molar-refractivity contribution < 1.29 is 19.0 Å². The van der Waals surface area contributed by atoms with Crippen LogP contribution < -0.4 is 24.8 Å². The van der Waals surface area contributed by atoms with Crippen molar-refractivity contribution in [3.8, 4) is 28.5 Å². The second kappa shape index (κ2) is 10.5. The number of hydrogen-bond donors (Lipinski definition) is 2. The first-order valence-corrected chi connectivity index (χ1v) is 10.8. The van der Waals surface area contributed by atoms with Crippen molar-refractivity contribution in [1.29, 1.82) is 0 Å². The van der Waals surface area contributed by atoms with Crippen LogP contribution in [0.15, 0.2) is 61.2 Å². The van der Waals surface area contributed by atoms with Gasteiger partial charge in [0.05, 0.1) is 31.5 Å². The lowest BCUT2D eigenvalue weighted by atomic mass is 10.1. The minimum absolute atomic E-state index is 0.00931. The highest BCUT2D eigenvalue weighted by atomic mass is 16.5. The summed E-state index contributed by atoms with van der Waals surface area (Å²) in [5.74, 6) is 2.09. The Hall–Kier alpha value is -4.34. The van der Waals surface area contributed by atoms with Crippen LogP contribution in [0.2, 0.25) is 0 Å². The van der Waals surface area contributed by atoms with Crippen molar-refractivity contribution in [1.82, 2.24) is 24.9 Å². The maximum Gasteiger partial charge on any atom is 0.320 e. The molecule has 0 saturated heterocycles. The Bertz CT molecular complexity index is 1260. The molecule has 4 aromatic heterocycles. The van der Waals surface area contributed by atoms with Crippen molar-refractivity contribution in [3.63, 3.8) is 0 Å². The summed E-state index contributed by atoms with van der Waals surface area (Å²) < 4.78 is 18.3. The van der Waals surface area contributed by atoms with Crippen LogP contribution in [-0.2, 0) is 0 Å². The van der Waals surface area contributed by atoms with Crippen molar-refractivity contribution in [2.24, 2.45) is 0 Å². The summed E-state index contributed by atoms with van der Waals surface area (Å²) >= 11 is 0. The Balaban J connectivity index is 1.39. The third-order valence-electron chi connectivity index (χ3n) is 4.70. The van der Waals surface area contributed by atoms with Crippen molar-refractivity contribution in [3.05, 3.63) is 61.2 Å². The first kappa shape index (κ1) is 22.8. The standard InChI is InChI=1S/C24H26N6O4/c1-16(2)34-21-12-18(14-27-23(21)32-3)17-6-9-30-19(11-17)13-22(29-30)28-24(31)26-8-10-33-20-5-4-7-25-15-20/h4-7,9,11-16H,8,10H2,1-3H3,(H2,26,28,29,31). The second-order valence-corrected chi connectivity index (χ2v) is 7.63. The van der Waals surface area contributed by atoms with Crippen LogP contribution in [0.25, 0.3) is 16.6 Å². The molecular weight excluding hydrogens is 436 g/mol. The van der Waals surface area contributed by atoms with Crippen LogP contribution in [0.3, 0.4) is 0 Å². The zero-order valence-electron chi connectivity index (χ0n) is 19.2. The number of fused-ring (bicyclic) bond motifs is 1. The summed E-state index contributed by atoms with van der Waals surface area (Å²) in [6.07, 6.45) is 6.83. The summed E-state index contributed by atoms with van der Waals surface area (Å²) in [4.78, 5) is 20.5. The third-order valence-corrected chi connectivity index (χ3v) is 4.70. The average molecular weight is 463 g/mol. The molecule has 0 radical (unpaired) electrons. The molecule has 0 fully saturated rings. The van der Waals surface area contributed by atoms with Crippen LogP contribution in [-0.4, -0.2) is 52.0 Å². The van der Waals surface area contributed by atoms with Gasteiger partial charge in [0.25, 0.3) is 5.88 Å². The van der Waals surface area contributed by atoms with Gasteiger partial charge in [-0.05, 0) is 49.7 Å². The van der Waals surface area contributed by atoms with Crippen molar-refractivity contribution in [2.45, 2.75) is 20.0 Å². The van der Waals surface area contributed by atoms with Crippen LogP contribution in [0.1, 0.15) is 13.8 Å². The van der Waals surface area contributed by atoms with Crippen LogP contribution in [0.4, 0.5) is 10.6 Å². The summed E-state index contributed by atoms with van der Waals surface area (Å²) in [5.41, 5.74) is 2.62. The Morgan fingerprint density at radius 1 is 1.15 bits per heavy atom. The largest absolute Gasteiger partial charge is 0.490 e. The van der Waals surface area contributed by atoms with E-state index in [1.807, 2.05) is 38.2 Å². The van der Waals surface area contributed by atoms with E-state index in [0.29, 0.717) is 36.3 Å². The summed E-state index contributed by atoms with van der Waals surface area (Å²) in [6.45, 7) is 4.56. The molecule has 0 aromatic carbocycles. The predicted molar refractivity (Wildman–Crippen MR) is 127 cm³/mol. The first-order chi connectivity index (χ1) is 16.5. The lowest BCUT2D eigenvalue weighted by Gasteiger charge is -2.14. The zero-order valence-corrected chi connectivity index (χ0v) is 19.2. The fourth-order valence-corrected chi connectivity index (χ4v) is 3.24. The number of nitrogens with zero attached hydrogens (tertiary/aromatic N) is 4. The molecule has 0 aliphatic carbocycles. The fraction of sp³-hybridized carbons (Fsp3) is 0.250. The maximum atomic E-state index is 12.2. The fourth-order valence-electron chi connectivity index (χ4n) is 3.24. The lowest BCUT2D eigenvalue weighted by molar-refractivity contribution is 0.227. The number of ether oxygens (including phenoxy) is 3. The van der Waals surface area contributed by atoms with Crippen molar-refractivity contribution >= 4 is 17.4 Å². The highest BCUT2D eigenvalue weighted by molar-refractivity contribution is 5.89. The number of carbonyl (C=O) groups excluding carboxylic acids is 1. The molecule has 4 aromatic rings. The van der Waals surface area contributed by atoms with Gasteiger partial charge in [0.15, 0.2) is 11.6 Å². The van der Waals surface area contributed by atoms with Gasteiger partial charge in [-0.15, -0.1) is 5.10 Å². The number of amides is 2. The van der Waals surface area contributed by atoms with Gasteiger partial charge >= 0.3 is 6.03 Å². The Labute approximate surface area is 196 Å². The molecule has 34 heavy (non-hydrogen) atoms. The Morgan fingerprint density at radius 2 is 2.03 bits per heavy atom. The predicted octanol–water partition coefficient (Wildman–Crippen LogP) is 3.79. The quantitative estimate of drug-likeness (QED) is 0.364. The molecular formula is C24H26N6O4. The molecule has 0 atom stereocenters. The molecule has 10 nitrogen and oxygen atoms in total. The third kappa shape index (κ3) is 5.71. The molecule has 0 bridgehead atoms. The zero-order chi connectivity index (χ0) is 23.9. The lowest BCUT2D eigenvalue weighted by Crippen LogP contribution is -2.32. The molecule has 2 amide bonds. The van der Waals surface area contributed by atoms with Gasteiger partial charge < -0.3 is 19.5 Å². The molecule has 4 heterocycles.